The Balaban J connectivity index is 2.17. The van der Waals surface area contributed by atoms with Crippen LogP contribution in [0.3, 0.4) is 0 Å². The number of nitrogens with two attached hydrogens (primary N) is 1. The van der Waals surface area contributed by atoms with Crippen molar-refractivity contribution in [3.8, 4) is 5.82 Å². The Morgan fingerprint density at radius 3 is 3.00 bits per heavy atom. The van der Waals surface area contributed by atoms with Gasteiger partial charge in [-0.05, 0) is 37.8 Å². The number of aryl methyl sites for hydroxylation is 2. The molecule has 1 aliphatic carbocycles. The molecule has 2 aromatic heterocycles. The van der Waals surface area contributed by atoms with E-state index in [0.717, 1.165) is 18.7 Å². The first-order chi connectivity index (χ1) is 8.16. The van der Waals surface area contributed by atoms with Crippen LogP contribution in [-0.4, -0.2) is 14.3 Å². The first kappa shape index (κ1) is 10.6. The van der Waals surface area contributed by atoms with Gasteiger partial charge in [0, 0.05) is 36.7 Å². The van der Waals surface area contributed by atoms with Gasteiger partial charge in [-0.15, -0.1) is 0 Å². The zero-order chi connectivity index (χ0) is 12.0. The molecule has 0 radical (unpaired) electrons. The largest absolute Gasteiger partial charge is 0.324 e. The molecule has 0 fully saturated rings. The minimum Gasteiger partial charge on any atom is -0.324 e. The summed E-state index contributed by atoms with van der Waals surface area (Å²) in [5, 5.41) is 4.49. The Morgan fingerprint density at radius 2 is 2.29 bits per heavy atom. The second-order valence-electron chi connectivity index (χ2n) is 4.87. The average molecular weight is 230 g/mol. The van der Waals surface area contributed by atoms with Gasteiger partial charge in [0.05, 0.1) is 0 Å². The van der Waals surface area contributed by atoms with E-state index in [9.17, 15) is 0 Å². The SMILES string of the molecule is Cc1cc2c(n1-c1ccn(C)n1)CCCC2N. The zero-order valence-electron chi connectivity index (χ0n) is 10.3. The summed E-state index contributed by atoms with van der Waals surface area (Å²) in [4.78, 5) is 0. The Morgan fingerprint density at radius 1 is 1.47 bits per heavy atom. The first-order valence-electron chi connectivity index (χ1n) is 6.13. The maximum Gasteiger partial charge on any atom is 0.159 e. The van der Waals surface area contributed by atoms with Crippen molar-refractivity contribution in [2.75, 3.05) is 0 Å². The van der Waals surface area contributed by atoms with Crippen molar-refractivity contribution < 1.29 is 0 Å². The highest BCUT2D eigenvalue weighted by Crippen LogP contribution is 2.32. The van der Waals surface area contributed by atoms with E-state index in [2.05, 4.69) is 22.7 Å². The van der Waals surface area contributed by atoms with E-state index in [4.69, 9.17) is 5.73 Å². The van der Waals surface area contributed by atoms with Crippen molar-refractivity contribution in [1.82, 2.24) is 14.3 Å². The van der Waals surface area contributed by atoms with Gasteiger partial charge in [-0.1, -0.05) is 0 Å². The van der Waals surface area contributed by atoms with Crippen molar-refractivity contribution >= 4 is 0 Å². The molecule has 0 amide bonds. The highest BCUT2D eigenvalue weighted by atomic mass is 15.3. The molecule has 1 aliphatic rings. The van der Waals surface area contributed by atoms with Gasteiger partial charge >= 0.3 is 0 Å². The third-order valence-corrected chi connectivity index (χ3v) is 3.58. The molecule has 2 heterocycles. The van der Waals surface area contributed by atoms with Gasteiger partial charge in [-0.25, -0.2) is 0 Å². The van der Waals surface area contributed by atoms with Crippen molar-refractivity contribution in [3.05, 3.63) is 35.3 Å². The van der Waals surface area contributed by atoms with Crippen LogP contribution < -0.4 is 5.73 Å². The molecule has 0 bridgehead atoms. The fraction of sp³-hybridized carbons (Fsp3) is 0.462. The van der Waals surface area contributed by atoms with Crippen molar-refractivity contribution in [1.29, 1.82) is 0 Å². The highest BCUT2D eigenvalue weighted by molar-refractivity contribution is 5.39. The summed E-state index contributed by atoms with van der Waals surface area (Å²) in [5.41, 5.74) is 10.1. The summed E-state index contributed by atoms with van der Waals surface area (Å²) in [7, 11) is 1.94. The van der Waals surface area contributed by atoms with Gasteiger partial charge in [0.1, 0.15) is 0 Å². The second-order valence-corrected chi connectivity index (χ2v) is 4.87. The van der Waals surface area contributed by atoms with Crippen LogP contribution in [0.4, 0.5) is 0 Å². The van der Waals surface area contributed by atoms with Crippen molar-refractivity contribution in [3.63, 3.8) is 0 Å². The Kier molecular flexibility index (Phi) is 2.33. The minimum atomic E-state index is 0.197. The maximum absolute atomic E-state index is 6.17. The van der Waals surface area contributed by atoms with E-state index in [0.29, 0.717) is 0 Å². The fourth-order valence-corrected chi connectivity index (χ4v) is 2.78. The molecule has 1 atom stereocenters. The molecular weight excluding hydrogens is 212 g/mol. The van der Waals surface area contributed by atoms with Crippen LogP contribution in [0.2, 0.25) is 0 Å². The van der Waals surface area contributed by atoms with Crippen LogP contribution in [0.1, 0.15) is 35.8 Å². The molecule has 2 aromatic rings. The third kappa shape index (κ3) is 1.60. The van der Waals surface area contributed by atoms with E-state index in [-0.39, 0.29) is 6.04 Å². The van der Waals surface area contributed by atoms with Crippen LogP contribution in [0, 0.1) is 6.92 Å². The Hall–Kier alpha value is -1.55. The molecule has 0 spiro atoms. The van der Waals surface area contributed by atoms with Crippen molar-refractivity contribution in [2.24, 2.45) is 12.8 Å². The van der Waals surface area contributed by atoms with Crippen LogP contribution in [-0.2, 0) is 13.5 Å². The molecule has 2 N–H and O–H groups in total. The quantitative estimate of drug-likeness (QED) is 0.813. The lowest BCUT2D eigenvalue weighted by Gasteiger charge is -2.20. The molecule has 90 valence electrons. The van der Waals surface area contributed by atoms with Gasteiger partial charge in [-0.2, -0.15) is 5.10 Å². The summed E-state index contributed by atoms with van der Waals surface area (Å²) in [6.07, 6.45) is 5.35. The molecule has 0 aliphatic heterocycles. The molecule has 0 saturated heterocycles. The van der Waals surface area contributed by atoms with Gasteiger partial charge in [0.2, 0.25) is 0 Å². The lowest BCUT2D eigenvalue weighted by atomic mass is 9.93. The van der Waals surface area contributed by atoms with Crippen LogP contribution in [0.5, 0.6) is 0 Å². The number of hydrogen-bond donors (Lipinski definition) is 1. The molecule has 17 heavy (non-hydrogen) atoms. The van der Waals surface area contributed by atoms with Gasteiger partial charge < -0.3 is 10.3 Å². The number of aromatic nitrogens is 3. The molecule has 1 unspecified atom stereocenters. The van der Waals surface area contributed by atoms with Gasteiger partial charge in [0.15, 0.2) is 5.82 Å². The second kappa shape index (κ2) is 3.74. The summed E-state index contributed by atoms with van der Waals surface area (Å²) in [6.45, 7) is 2.12. The molecule has 4 heteroatoms. The lowest BCUT2D eigenvalue weighted by molar-refractivity contribution is 0.558. The van der Waals surface area contributed by atoms with Crippen LogP contribution >= 0.6 is 0 Å². The van der Waals surface area contributed by atoms with Crippen molar-refractivity contribution in [2.45, 2.75) is 32.2 Å². The summed E-state index contributed by atoms with van der Waals surface area (Å²) >= 11 is 0. The predicted octanol–water partition coefficient (Wildman–Crippen LogP) is 1.86. The van der Waals surface area contributed by atoms with E-state index < -0.39 is 0 Å². The summed E-state index contributed by atoms with van der Waals surface area (Å²) in [5.74, 6) is 1.00. The monoisotopic (exact) mass is 230 g/mol. The number of hydrogen-bond acceptors (Lipinski definition) is 2. The average Bonchev–Trinajstić information content (AvgIpc) is 2.82. The van der Waals surface area contributed by atoms with E-state index in [1.165, 1.54) is 23.4 Å². The fourth-order valence-electron chi connectivity index (χ4n) is 2.78. The Labute approximate surface area is 101 Å². The van der Waals surface area contributed by atoms with E-state index in [1.807, 2.05) is 24.0 Å². The zero-order valence-corrected chi connectivity index (χ0v) is 10.3. The molecule has 0 saturated carbocycles. The smallest absolute Gasteiger partial charge is 0.159 e. The highest BCUT2D eigenvalue weighted by Gasteiger charge is 2.23. The molecular formula is C13H18N4. The molecule has 0 aromatic carbocycles. The number of rotatable bonds is 1. The molecule has 4 nitrogen and oxygen atoms in total. The normalized spacial score (nSPS) is 19.4. The predicted molar refractivity (Wildman–Crippen MR) is 67.1 cm³/mol. The van der Waals surface area contributed by atoms with Crippen LogP contribution in [0.25, 0.3) is 5.82 Å². The number of nitrogens with zero attached hydrogens (tertiary/aromatic N) is 3. The molecule has 3 rings (SSSR count). The first-order valence-corrected chi connectivity index (χ1v) is 6.13. The standard InChI is InChI=1S/C13H18N4/c1-9-8-10-11(14)4-3-5-12(10)17(9)13-6-7-16(2)15-13/h6-8,11H,3-5,14H2,1-2H3. The minimum absolute atomic E-state index is 0.197. The topological polar surface area (TPSA) is 48.8 Å². The summed E-state index contributed by atoms with van der Waals surface area (Å²) < 4.78 is 4.08. The van der Waals surface area contributed by atoms with Crippen LogP contribution in [0.15, 0.2) is 18.3 Å². The van der Waals surface area contributed by atoms with E-state index >= 15 is 0 Å². The lowest BCUT2D eigenvalue weighted by Crippen LogP contribution is -2.18. The van der Waals surface area contributed by atoms with Gasteiger partial charge in [0.25, 0.3) is 0 Å². The summed E-state index contributed by atoms with van der Waals surface area (Å²) in [6, 6.07) is 4.46. The van der Waals surface area contributed by atoms with E-state index in [1.54, 1.807) is 0 Å². The Bertz CT molecular complexity index is 550. The van der Waals surface area contributed by atoms with Gasteiger partial charge in [-0.3, -0.25) is 4.68 Å². The maximum atomic E-state index is 6.17. The number of fused-ring (bicyclic) bond motifs is 1. The third-order valence-electron chi connectivity index (χ3n) is 3.58.